The van der Waals surface area contributed by atoms with Gasteiger partial charge in [-0.05, 0) is 45.7 Å². The molecule has 130 valence electrons. The molecule has 7 heteroatoms. The number of alkyl halides is 2. The van der Waals surface area contributed by atoms with E-state index in [1.807, 2.05) is 19.1 Å². The first-order chi connectivity index (χ1) is 11.4. The first-order valence-corrected chi connectivity index (χ1v) is 8.07. The van der Waals surface area contributed by atoms with Gasteiger partial charge in [-0.25, -0.2) is 4.68 Å². The maximum absolute atomic E-state index is 12.9. The number of carbonyl (C=O) groups excluding carboxylic acids is 1. The molecule has 1 aliphatic heterocycles. The van der Waals surface area contributed by atoms with Gasteiger partial charge in [-0.2, -0.15) is 13.9 Å². The third-order valence-corrected chi connectivity index (χ3v) is 4.65. The number of carbonyl (C=O) groups is 1. The Balaban J connectivity index is 1.80. The predicted molar refractivity (Wildman–Crippen MR) is 83.8 cm³/mol. The minimum atomic E-state index is -2.70. The number of aryl methyl sites for hydroxylation is 2. The van der Waals surface area contributed by atoms with Gasteiger partial charge in [0, 0.05) is 17.8 Å². The van der Waals surface area contributed by atoms with Gasteiger partial charge in [0.2, 0.25) is 5.91 Å². The predicted octanol–water partition coefficient (Wildman–Crippen LogP) is 3.70. The van der Waals surface area contributed by atoms with E-state index < -0.39 is 6.55 Å². The van der Waals surface area contributed by atoms with Crippen molar-refractivity contribution in [3.63, 3.8) is 0 Å². The highest BCUT2D eigenvalue weighted by Gasteiger charge is 2.33. The molecule has 1 saturated heterocycles. The lowest BCUT2D eigenvalue weighted by Crippen LogP contribution is -2.32. The van der Waals surface area contributed by atoms with Gasteiger partial charge in [0.1, 0.15) is 11.5 Å². The van der Waals surface area contributed by atoms with Crippen molar-refractivity contribution < 1.29 is 18.0 Å². The first kappa shape index (κ1) is 16.7. The van der Waals surface area contributed by atoms with E-state index in [1.165, 1.54) is 0 Å². The molecule has 0 aliphatic carbocycles. The van der Waals surface area contributed by atoms with Gasteiger partial charge in [-0.15, -0.1) is 0 Å². The molecule has 0 saturated carbocycles. The molecule has 2 aromatic rings. The van der Waals surface area contributed by atoms with Crippen LogP contribution in [0.3, 0.4) is 0 Å². The van der Waals surface area contributed by atoms with Crippen molar-refractivity contribution in [2.45, 2.75) is 52.6 Å². The van der Waals surface area contributed by atoms with Crippen LogP contribution in [-0.2, 0) is 11.2 Å². The third kappa shape index (κ3) is 2.95. The van der Waals surface area contributed by atoms with E-state index in [0.29, 0.717) is 28.2 Å². The Hall–Kier alpha value is -2.18. The van der Waals surface area contributed by atoms with Gasteiger partial charge < -0.3 is 9.32 Å². The molecule has 1 amide bonds. The van der Waals surface area contributed by atoms with Gasteiger partial charge >= 0.3 is 6.55 Å². The fourth-order valence-corrected chi connectivity index (χ4v) is 3.39. The number of amides is 1. The summed E-state index contributed by atoms with van der Waals surface area (Å²) in [5.74, 6) is 1.52. The Kier molecular flexibility index (Phi) is 4.43. The van der Waals surface area contributed by atoms with Gasteiger partial charge in [0.25, 0.3) is 0 Å². The molecule has 0 spiro atoms. The van der Waals surface area contributed by atoms with Crippen molar-refractivity contribution in [3.8, 4) is 0 Å². The standard InChI is InChI=1S/C17H21F2N3O2/c1-10-6-7-15(24-10)14-5-4-8-21(14)16(23)9-13-11(2)20-22(12(13)3)17(18)19/h6-7,14,17H,4-5,8-9H2,1-3H3. The highest BCUT2D eigenvalue weighted by Crippen LogP contribution is 2.33. The number of halogens is 2. The summed E-state index contributed by atoms with van der Waals surface area (Å²) >= 11 is 0. The number of aromatic nitrogens is 2. The van der Waals surface area contributed by atoms with Crippen LogP contribution in [0.25, 0.3) is 0 Å². The van der Waals surface area contributed by atoms with Crippen LogP contribution < -0.4 is 0 Å². The minimum absolute atomic E-state index is 0.0723. The van der Waals surface area contributed by atoms with E-state index in [2.05, 4.69) is 5.10 Å². The van der Waals surface area contributed by atoms with Crippen molar-refractivity contribution in [1.29, 1.82) is 0 Å². The largest absolute Gasteiger partial charge is 0.464 e. The molecule has 0 N–H and O–H groups in total. The molecule has 1 atom stereocenters. The first-order valence-electron chi connectivity index (χ1n) is 8.07. The van der Waals surface area contributed by atoms with Gasteiger partial charge in [-0.3, -0.25) is 4.79 Å². The van der Waals surface area contributed by atoms with Gasteiger partial charge in [0.15, 0.2) is 0 Å². The molecule has 0 bridgehead atoms. The van der Waals surface area contributed by atoms with Crippen molar-refractivity contribution in [2.75, 3.05) is 6.54 Å². The van der Waals surface area contributed by atoms with Crippen molar-refractivity contribution in [1.82, 2.24) is 14.7 Å². The summed E-state index contributed by atoms with van der Waals surface area (Å²) < 4.78 is 32.2. The number of rotatable bonds is 4. The van der Waals surface area contributed by atoms with E-state index in [0.717, 1.165) is 24.4 Å². The van der Waals surface area contributed by atoms with Crippen LogP contribution in [-0.4, -0.2) is 27.1 Å². The molecule has 3 rings (SSSR count). The number of nitrogens with zero attached hydrogens (tertiary/aromatic N) is 3. The normalized spacial score (nSPS) is 17.9. The maximum atomic E-state index is 12.9. The van der Waals surface area contributed by atoms with Crippen LogP contribution in [0.4, 0.5) is 8.78 Å². The van der Waals surface area contributed by atoms with Crippen molar-refractivity contribution >= 4 is 5.91 Å². The Morgan fingerprint density at radius 1 is 1.38 bits per heavy atom. The lowest BCUT2D eigenvalue weighted by Gasteiger charge is -2.23. The van der Waals surface area contributed by atoms with Crippen LogP contribution in [0.2, 0.25) is 0 Å². The monoisotopic (exact) mass is 337 g/mol. The molecular formula is C17H21F2N3O2. The summed E-state index contributed by atoms with van der Waals surface area (Å²) in [5, 5.41) is 3.85. The second-order valence-electron chi connectivity index (χ2n) is 6.24. The Morgan fingerprint density at radius 2 is 2.12 bits per heavy atom. The summed E-state index contributed by atoms with van der Waals surface area (Å²) in [7, 11) is 0. The number of hydrogen-bond acceptors (Lipinski definition) is 3. The van der Waals surface area contributed by atoms with Crippen LogP contribution >= 0.6 is 0 Å². The van der Waals surface area contributed by atoms with Gasteiger partial charge in [0.05, 0.1) is 18.2 Å². The molecule has 2 aromatic heterocycles. The number of furan rings is 1. The fraction of sp³-hybridized carbons (Fsp3) is 0.529. The number of hydrogen-bond donors (Lipinski definition) is 0. The zero-order valence-electron chi connectivity index (χ0n) is 14.1. The molecule has 0 radical (unpaired) electrons. The van der Waals surface area contributed by atoms with E-state index in [1.54, 1.807) is 18.7 Å². The average Bonchev–Trinajstić information content (AvgIpc) is 3.21. The van der Waals surface area contributed by atoms with E-state index in [9.17, 15) is 13.6 Å². The zero-order valence-corrected chi connectivity index (χ0v) is 14.1. The summed E-state index contributed by atoms with van der Waals surface area (Å²) in [5.41, 5.74) is 1.41. The second kappa shape index (κ2) is 6.37. The SMILES string of the molecule is Cc1ccc(C2CCCN2C(=O)Cc2c(C)nn(C(F)F)c2C)o1. The highest BCUT2D eigenvalue weighted by atomic mass is 19.3. The average molecular weight is 337 g/mol. The molecule has 24 heavy (non-hydrogen) atoms. The zero-order chi connectivity index (χ0) is 17.4. The van der Waals surface area contributed by atoms with Crippen molar-refractivity contribution in [3.05, 3.63) is 40.6 Å². The van der Waals surface area contributed by atoms with E-state index in [-0.39, 0.29) is 18.4 Å². The van der Waals surface area contributed by atoms with E-state index in [4.69, 9.17) is 4.42 Å². The molecule has 1 aliphatic rings. The smallest absolute Gasteiger partial charge is 0.333 e. The molecule has 1 unspecified atom stereocenters. The lowest BCUT2D eigenvalue weighted by atomic mass is 10.1. The molecular weight excluding hydrogens is 316 g/mol. The summed E-state index contributed by atoms with van der Waals surface area (Å²) in [6.07, 6.45) is 1.85. The van der Waals surface area contributed by atoms with Crippen molar-refractivity contribution in [2.24, 2.45) is 0 Å². The summed E-state index contributed by atoms with van der Waals surface area (Å²) in [6, 6.07) is 3.71. The summed E-state index contributed by atoms with van der Waals surface area (Å²) in [6.45, 7) is 3.07. The van der Waals surface area contributed by atoms with Crippen LogP contribution in [0.5, 0.6) is 0 Å². The third-order valence-electron chi connectivity index (χ3n) is 4.65. The molecule has 0 aromatic carbocycles. The highest BCUT2D eigenvalue weighted by molar-refractivity contribution is 5.80. The van der Waals surface area contributed by atoms with Crippen LogP contribution in [0.15, 0.2) is 16.5 Å². The molecule has 1 fully saturated rings. The number of likely N-dealkylation sites (tertiary alicyclic amines) is 1. The van der Waals surface area contributed by atoms with Crippen LogP contribution in [0.1, 0.15) is 53.9 Å². The molecule has 3 heterocycles. The topological polar surface area (TPSA) is 51.3 Å². The minimum Gasteiger partial charge on any atom is -0.464 e. The Morgan fingerprint density at radius 3 is 2.71 bits per heavy atom. The van der Waals surface area contributed by atoms with Crippen LogP contribution in [0, 0.1) is 20.8 Å². The van der Waals surface area contributed by atoms with E-state index >= 15 is 0 Å². The van der Waals surface area contributed by atoms with Gasteiger partial charge in [-0.1, -0.05) is 0 Å². The lowest BCUT2D eigenvalue weighted by molar-refractivity contribution is -0.131. The molecule has 5 nitrogen and oxygen atoms in total. The Labute approximate surface area is 139 Å². The fourth-order valence-electron chi connectivity index (χ4n) is 3.39. The second-order valence-corrected chi connectivity index (χ2v) is 6.24. The Bertz CT molecular complexity index is 751. The summed E-state index contributed by atoms with van der Waals surface area (Å²) in [4.78, 5) is 14.5. The quantitative estimate of drug-likeness (QED) is 0.855. The maximum Gasteiger partial charge on any atom is 0.333 e.